The predicted molar refractivity (Wildman–Crippen MR) is 199 cm³/mol. The molecular weight excluding hydrogens is 711 g/mol. The fourth-order valence-electron chi connectivity index (χ4n) is 7.56. The van der Waals surface area contributed by atoms with Gasteiger partial charge in [-0.25, -0.2) is 23.5 Å². The lowest BCUT2D eigenvalue weighted by molar-refractivity contribution is -0.135. The second kappa shape index (κ2) is 14.6. The smallest absolute Gasteiger partial charge is 0.329 e. The number of aromatic nitrogens is 7. The Bertz CT molecular complexity index is 2370. The van der Waals surface area contributed by atoms with Crippen LogP contribution in [0.4, 0.5) is 14.9 Å². The summed E-state index contributed by atoms with van der Waals surface area (Å²) in [6.45, 7) is 1.72. The monoisotopic (exact) mass is 754 g/mol. The number of imide groups is 1. The van der Waals surface area contributed by atoms with Crippen molar-refractivity contribution in [3.63, 3.8) is 0 Å². The molecule has 0 radical (unpaired) electrons. The van der Waals surface area contributed by atoms with Gasteiger partial charge in [0.2, 0.25) is 11.8 Å². The number of unbranched alkanes of at least 4 members (excludes halogenated alkanes) is 1. The zero-order valence-corrected chi connectivity index (χ0v) is 30.6. The lowest BCUT2D eigenvalue weighted by Gasteiger charge is -2.32. The Hall–Kier alpha value is -6.07. The highest BCUT2D eigenvalue weighted by Crippen LogP contribution is 2.29. The number of benzene rings is 1. The minimum atomic E-state index is -1.02. The van der Waals surface area contributed by atoms with E-state index in [1.165, 1.54) is 19.8 Å². The number of rotatable bonds is 11. The molecule has 55 heavy (non-hydrogen) atoms. The summed E-state index contributed by atoms with van der Waals surface area (Å²) < 4.78 is 19.8. The van der Waals surface area contributed by atoms with E-state index in [2.05, 4.69) is 36.4 Å². The number of piperidine rings is 2. The van der Waals surface area contributed by atoms with Gasteiger partial charge in [0.15, 0.2) is 11.3 Å². The molecule has 288 valence electrons. The lowest BCUT2D eigenvalue weighted by atomic mass is 10.0. The topological polar surface area (TPSA) is 195 Å². The highest BCUT2D eigenvalue weighted by atomic mass is 19.1. The van der Waals surface area contributed by atoms with Crippen molar-refractivity contribution in [2.45, 2.75) is 75.7 Å². The van der Waals surface area contributed by atoms with E-state index in [9.17, 15) is 28.4 Å². The van der Waals surface area contributed by atoms with E-state index < -0.39 is 30.1 Å². The summed E-state index contributed by atoms with van der Waals surface area (Å²) in [5.74, 6) is -1.21. The van der Waals surface area contributed by atoms with Crippen molar-refractivity contribution < 1.29 is 23.6 Å². The number of aryl methyl sites for hydroxylation is 2. The van der Waals surface area contributed by atoms with E-state index in [1.807, 2.05) is 40.0 Å². The molecule has 3 fully saturated rings. The summed E-state index contributed by atoms with van der Waals surface area (Å²) in [7, 11) is 3.45. The van der Waals surface area contributed by atoms with Gasteiger partial charge >= 0.3 is 11.7 Å². The lowest BCUT2D eigenvalue weighted by Crippen LogP contribution is -2.45. The first-order chi connectivity index (χ1) is 26.6. The largest absolute Gasteiger partial charge is 0.385 e. The van der Waals surface area contributed by atoms with Crippen molar-refractivity contribution in [3.8, 4) is 11.3 Å². The van der Waals surface area contributed by atoms with E-state index in [4.69, 9.17) is 0 Å². The molecule has 1 aliphatic carbocycles. The Morgan fingerprint density at radius 3 is 2.58 bits per heavy atom. The standard InChI is InChI=1S/C37H43FN12O5/c1-39-27-17-25(45-50-31(19-41-33(27)50)35(53)43-26-16-24(26)38)22-18-42-48(20-22)23-10-13-47(14-11-23)36(54)40-12-4-3-5-21-6-7-28-30(15-21)46(2)37(55)49(28)29-8-9-32(51)44-34(29)52/h6-7,15,17-20,23-24,26,29,39H,3-5,8-14,16H2,1-2H3,(H,40,54)(H,43,53)(H,44,51,52)/t24-,26+,29?/m0/s1. The van der Waals surface area contributed by atoms with Gasteiger partial charge in [0.25, 0.3) is 5.91 Å². The van der Waals surface area contributed by atoms with E-state index in [0.717, 1.165) is 48.7 Å². The number of halogens is 1. The molecule has 0 spiro atoms. The second-order valence-electron chi connectivity index (χ2n) is 14.5. The Balaban J connectivity index is 0.816. The van der Waals surface area contributed by atoms with Crippen LogP contribution in [-0.4, -0.2) is 101 Å². The molecule has 1 unspecified atom stereocenters. The number of hydrogen-bond donors (Lipinski definition) is 4. The predicted octanol–water partition coefficient (Wildman–Crippen LogP) is 2.48. The van der Waals surface area contributed by atoms with Crippen molar-refractivity contribution in [1.82, 2.24) is 54.4 Å². The summed E-state index contributed by atoms with van der Waals surface area (Å²) in [5, 5.41) is 20.5. The van der Waals surface area contributed by atoms with Gasteiger partial charge in [-0.05, 0) is 62.3 Å². The molecular formula is C37H43FN12O5. The number of imidazole rings is 2. The zero-order chi connectivity index (χ0) is 38.4. The summed E-state index contributed by atoms with van der Waals surface area (Å²) in [6.07, 6.45) is 8.73. The van der Waals surface area contributed by atoms with Gasteiger partial charge in [0.1, 0.15) is 12.2 Å². The number of carbonyl (C=O) groups excluding carboxylic acids is 4. The minimum absolute atomic E-state index is 0.0909. The van der Waals surface area contributed by atoms with Crippen LogP contribution in [0.15, 0.2) is 47.7 Å². The van der Waals surface area contributed by atoms with Gasteiger partial charge in [-0.1, -0.05) is 6.07 Å². The van der Waals surface area contributed by atoms with Crippen molar-refractivity contribution in [2.75, 3.05) is 32.0 Å². The van der Waals surface area contributed by atoms with Crippen molar-refractivity contribution >= 4 is 46.1 Å². The summed E-state index contributed by atoms with van der Waals surface area (Å²) in [6, 6.07) is 6.45. The average molecular weight is 755 g/mol. The third kappa shape index (κ3) is 7.03. The van der Waals surface area contributed by atoms with Gasteiger partial charge in [-0.2, -0.15) is 10.2 Å². The maximum absolute atomic E-state index is 13.4. The van der Waals surface area contributed by atoms with Crippen molar-refractivity contribution in [2.24, 2.45) is 7.05 Å². The number of urea groups is 1. The molecule has 4 N–H and O–H groups in total. The van der Waals surface area contributed by atoms with Gasteiger partial charge in [0.05, 0.1) is 46.9 Å². The molecule has 18 heteroatoms. The molecule has 0 bridgehead atoms. The molecule has 3 aliphatic rings. The Labute approximate surface area is 314 Å². The van der Waals surface area contributed by atoms with Gasteiger partial charge in [-0.3, -0.25) is 33.5 Å². The molecule has 17 nitrogen and oxygen atoms in total. The highest BCUT2D eigenvalue weighted by molar-refractivity contribution is 6.00. The first kappa shape index (κ1) is 35.9. The van der Waals surface area contributed by atoms with Crippen molar-refractivity contribution in [3.05, 3.63) is 64.6 Å². The molecule has 4 aromatic heterocycles. The fraction of sp³-hybridized carbons (Fsp3) is 0.459. The summed E-state index contributed by atoms with van der Waals surface area (Å²) >= 11 is 0. The molecule has 1 aromatic carbocycles. The van der Waals surface area contributed by atoms with Crippen LogP contribution < -0.4 is 27.0 Å². The molecule has 1 saturated carbocycles. The number of hydrogen-bond acceptors (Lipinski definition) is 9. The van der Waals surface area contributed by atoms with E-state index in [-0.39, 0.29) is 35.8 Å². The minimum Gasteiger partial charge on any atom is -0.385 e. The third-order valence-corrected chi connectivity index (χ3v) is 10.9. The maximum Gasteiger partial charge on any atom is 0.329 e. The number of fused-ring (bicyclic) bond motifs is 2. The van der Waals surface area contributed by atoms with Crippen LogP contribution in [0.3, 0.4) is 0 Å². The number of amides is 5. The molecule has 2 saturated heterocycles. The van der Waals surface area contributed by atoms with Crippen LogP contribution in [0.1, 0.15) is 73.1 Å². The number of likely N-dealkylation sites (tertiary alicyclic amines) is 1. The number of anilines is 1. The highest BCUT2D eigenvalue weighted by Gasteiger charge is 2.39. The van der Waals surface area contributed by atoms with Gasteiger partial charge in [0, 0.05) is 58.3 Å². The van der Waals surface area contributed by atoms with E-state index >= 15 is 0 Å². The average Bonchev–Trinajstić information content (AvgIpc) is 3.52. The van der Waals surface area contributed by atoms with E-state index in [0.29, 0.717) is 55.0 Å². The summed E-state index contributed by atoms with van der Waals surface area (Å²) in [4.78, 5) is 69.2. The number of nitrogens with zero attached hydrogens (tertiary/aromatic N) is 8. The van der Waals surface area contributed by atoms with Crippen LogP contribution >= 0.6 is 0 Å². The number of carbonyl (C=O) groups is 4. The quantitative estimate of drug-likeness (QED) is 0.116. The number of nitrogens with one attached hydrogen (secondary N) is 4. The first-order valence-electron chi connectivity index (χ1n) is 18.7. The van der Waals surface area contributed by atoms with Gasteiger partial charge in [-0.15, -0.1) is 0 Å². The van der Waals surface area contributed by atoms with Crippen molar-refractivity contribution in [1.29, 1.82) is 0 Å². The summed E-state index contributed by atoms with van der Waals surface area (Å²) in [5.41, 5.74) is 4.89. The van der Waals surface area contributed by atoms with Crippen LogP contribution in [0.25, 0.3) is 27.9 Å². The Kier molecular flexibility index (Phi) is 9.56. The first-order valence-corrected chi connectivity index (χ1v) is 18.7. The van der Waals surface area contributed by atoms with Crippen LogP contribution in [0.5, 0.6) is 0 Å². The Morgan fingerprint density at radius 1 is 1.04 bits per heavy atom. The second-order valence-corrected chi connectivity index (χ2v) is 14.5. The molecule has 3 atom stereocenters. The zero-order valence-electron chi connectivity index (χ0n) is 30.6. The maximum atomic E-state index is 13.4. The van der Waals surface area contributed by atoms with Crippen LogP contribution in [0, 0.1) is 0 Å². The van der Waals surface area contributed by atoms with Crippen LogP contribution in [0.2, 0.25) is 0 Å². The van der Waals surface area contributed by atoms with Gasteiger partial charge < -0.3 is 20.9 Å². The fourth-order valence-corrected chi connectivity index (χ4v) is 7.56. The SMILES string of the molecule is CNc1cc(-c2cnn(C3CCN(C(=O)NCCCCc4ccc5c(c4)n(C)c(=O)n5C4CCC(=O)NC4=O)CC3)c2)nn2c(C(=O)N[C@@H]3C[C@@H]3F)cnc12. The van der Waals surface area contributed by atoms with E-state index in [1.54, 1.807) is 20.3 Å². The molecule has 8 rings (SSSR count). The normalized spacial score (nSPS) is 20.2. The molecule has 2 aliphatic heterocycles. The number of alkyl halides is 1. The van der Waals surface area contributed by atoms with Crippen LogP contribution in [-0.2, 0) is 23.1 Å². The molecule has 5 aromatic rings. The molecule has 6 heterocycles. The molecule has 5 amide bonds. The third-order valence-electron chi connectivity index (χ3n) is 10.9. The Morgan fingerprint density at radius 2 is 1.84 bits per heavy atom.